The average Bonchev–Trinajstić information content (AvgIpc) is 3.62. The Hall–Kier alpha value is -4.11. The van der Waals surface area contributed by atoms with Crippen LogP contribution in [0.5, 0.6) is 0 Å². The number of hydrogen-bond acceptors (Lipinski definition) is 6. The zero-order valence-corrected chi connectivity index (χ0v) is 22.6. The normalized spacial score (nSPS) is 19.3. The minimum Gasteiger partial charge on any atom is -0.394 e. The van der Waals surface area contributed by atoms with Crippen LogP contribution in [0.3, 0.4) is 0 Å². The van der Waals surface area contributed by atoms with Crippen LogP contribution in [-0.2, 0) is 12.0 Å². The maximum Gasteiger partial charge on any atom is 0.287 e. The number of benzene rings is 2. The van der Waals surface area contributed by atoms with E-state index in [0.717, 1.165) is 41.7 Å². The van der Waals surface area contributed by atoms with Gasteiger partial charge in [0.1, 0.15) is 0 Å². The molecular formula is C30H35N7O2. The van der Waals surface area contributed by atoms with Gasteiger partial charge in [0.25, 0.3) is 5.91 Å². The molecule has 202 valence electrons. The molecule has 2 heterocycles. The number of tetrazole rings is 1. The lowest BCUT2D eigenvalue weighted by molar-refractivity contribution is 0.0855. The van der Waals surface area contributed by atoms with Gasteiger partial charge in [0, 0.05) is 12.5 Å². The van der Waals surface area contributed by atoms with Crippen LogP contribution >= 0.6 is 0 Å². The molecule has 0 spiro atoms. The first-order valence-corrected chi connectivity index (χ1v) is 13.4. The summed E-state index contributed by atoms with van der Waals surface area (Å²) in [5.41, 5.74) is 2.65. The third-order valence-electron chi connectivity index (χ3n) is 7.46. The number of nitrogens with zero attached hydrogens (tertiary/aromatic N) is 5. The molecule has 9 nitrogen and oxygen atoms in total. The number of carbonyl (C=O) groups is 1. The van der Waals surface area contributed by atoms with Crippen molar-refractivity contribution >= 4 is 16.9 Å². The molecule has 0 aliphatic heterocycles. The molecule has 1 aliphatic carbocycles. The summed E-state index contributed by atoms with van der Waals surface area (Å²) in [4.78, 5) is 18.0. The molecule has 39 heavy (non-hydrogen) atoms. The lowest BCUT2D eigenvalue weighted by Crippen LogP contribution is -2.47. The maximum absolute atomic E-state index is 13.3. The fourth-order valence-electron chi connectivity index (χ4n) is 5.34. The number of H-pyrrole nitrogens is 1. The van der Waals surface area contributed by atoms with E-state index in [1.165, 1.54) is 5.56 Å². The molecule has 3 N–H and O–H groups in total. The van der Waals surface area contributed by atoms with Crippen molar-refractivity contribution in [1.29, 1.82) is 0 Å². The highest BCUT2D eigenvalue weighted by Crippen LogP contribution is 2.47. The van der Waals surface area contributed by atoms with Crippen molar-refractivity contribution in [2.24, 2.45) is 0 Å². The molecule has 1 aliphatic rings. The SMILES string of the molecule is CCCCC1(c2nnn[nH]2)C=CC(Cn2c(C(=O)NC(C)(C)CO)nc3ccccc32)=CC1c1ccccc1. The Balaban J connectivity index is 1.58. The molecule has 0 bridgehead atoms. The number of carbonyl (C=O) groups excluding carboxylic acids is 1. The van der Waals surface area contributed by atoms with Gasteiger partial charge in [-0.1, -0.05) is 80.5 Å². The van der Waals surface area contributed by atoms with Gasteiger partial charge < -0.3 is 15.0 Å². The molecule has 4 aromatic rings. The molecule has 2 aromatic heterocycles. The van der Waals surface area contributed by atoms with Crippen molar-refractivity contribution in [3.63, 3.8) is 0 Å². The minimum atomic E-state index is -0.771. The van der Waals surface area contributed by atoms with Crippen molar-refractivity contribution in [1.82, 2.24) is 35.5 Å². The van der Waals surface area contributed by atoms with E-state index in [0.29, 0.717) is 12.4 Å². The van der Waals surface area contributed by atoms with Crippen LogP contribution in [0.15, 0.2) is 78.4 Å². The number of aromatic nitrogens is 6. The fraction of sp³-hybridized carbons (Fsp3) is 0.367. The summed E-state index contributed by atoms with van der Waals surface area (Å²) in [6.07, 6.45) is 9.60. The zero-order chi connectivity index (χ0) is 27.5. The van der Waals surface area contributed by atoms with Crippen LogP contribution in [0.2, 0.25) is 0 Å². The Morgan fingerprint density at radius 1 is 1.15 bits per heavy atom. The van der Waals surface area contributed by atoms with Crippen LogP contribution in [0.4, 0.5) is 0 Å². The van der Waals surface area contributed by atoms with Crippen molar-refractivity contribution < 1.29 is 9.90 Å². The van der Waals surface area contributed by atoms with Gasteiger partial charge in [0.2, 0.25) is 0 Å². The van der Waals surface area contributed by atoms with Crippen LogP contribution in [-0.4, -0.2) is 53.3 Å². The summed E-state index contributed by atoms with van der Waals surface area (Å²) >= 11 is 0. The Labute approximate surface area is 228 Å². The predicted octanol–water partition coefficient (Wildman–Crippen LogP) is 4.46. The Morgan fingerprint density at radius 3 is 2.64 bits per heavy atom. The summed E-state index contributed by atoms with van der Waals surface area (Å²) in [5, 5.41) is 27.9. The number of hydrogen-bond donors (Lipinski definition) is 3. The Kier molecular flexibility index (Phi) is 7.43. The van der Waals surface area contributed by atoms with E-state index in [2.05, 4.69) is 80.3 Å². The number of unbranched alkanes of at least 4 members (excludes halogenated alkanes) is 1. The van der Waals surface area contributed by atoms with Crippen LogP contribution in [0.25, 0.3) is 11.0 Å². The fourth-order valence-corrected chi connectivity index (χ4v) is 5.34. The van der Waals surface area contributed by atoms with Crippen molar-refractivity contribution in [3.05, 3.63) is 95.6 Å². The van der Waals surface area contributed by atoms with Gasteiger partial charge in [-0.3, -0.25) is 4.79 Å². The van der Waals surface area contributed by atoms with E-state index >= 15 is 0 Å². The van der Waals surface area contributed by atoms with Gasteiger partial charge in [-0.15, -0.1) is 5.10 Å². The number of amides is 1. The number of para-hydroxylation sites is 2. The molecule has 2 unspecified atom stereocenters. The first-order chi connectivity index (χ1) is 18.9. The monoisotopic (exact) mass is 525 g/mol. The summed E-state index contributed by atoms with van der Waals surface area (Å²) in [6.45, 7) is 6.03. The van der Waals surface area contributed by atoms with Gasteiger partial charge in [-0.2, -0.15) is 0 Å². The maximum atomic E-state index is 13.3. The highest BCUT2D eigenvalue weighted by molar-refractivity contribution is 5.95. The number of aliphatic hydroxyl groups excluding tert-OH is 1. The highest BCUT2D eigenvalue weighted by Gasteiger charge is 2.42. The van der Waals surface area contributed by atoms with Gasteiger partial charge in [-0.25, -0.2) is 10.1 Å². The molecule has 9 heteroatoms. The van der Waals surface area contributed by atoms with Crippen LogP contribution in [0.1, 0.15) is 68.0 Å². The largest absolute Gasteiger partial charge is 0.394 e. The first-order valence-electron chi connectivity index (χ1n) is 13.4. The number of imidazole rings is 1. The number of fused-ring (bicyclic) bond motifs is 1. The van der Waals surface area contributed by atoms with E-state index in [9.17, 15) is 9.90 Å². The predicted molar refractivity (Wildman–Crippen MR) is 150 cm³/mol. The molecule has 0 saturated carbocycles. The summed E-state index contributed by atoms with van der Waals surface area (Å²) in [6, 6.07) is 18.2. The number of aliphatic hydroxyl groups is 1. The Morgan fingerprint density at radius 2 is 1.92 bits per heavy atom. The van der Waals surface area contributed by atoms with Gasteiger partial charge in [0.05, 0.1) is 28.6 Å². The Bertz CT molecular complexity index is 1490. The smallest absolute Gasteiger partial charge is 0.287 e. The van der Waals surface area contributed by atoms with Gasteiger partial charge in [0.15, 0.2) is 11.6 Å². The minimum absolute atomic E-state index is 0.0135. The van der Waals surface area contributed by atoms with Crippen molar-refractivity contribution in [2.75, 3.05) is 6.61 Å². The second-order valence-corrected chi connectivity index (χ2v) is 10.9. The highest BCUT2D eigenvalue weighted by atomic mass is 16.3. The summed E-state index contributed by atoms with van der Waals surface area (Å²) in [7, 11) is 0. The number of allylic oxidation sites excluding steroid dienone is 4. The third kappa shape index (κ3) is 5.27. The number of rotatable bonds is 10. The van der Waals surface area contributed by atoms with E-state index < -0.39 is 11.0 Å². The van der Waals surface area contributed by atoms with E-state index in [1.54, 1.807) is 13.8 Å². The lowest BCUT2D eigenvalue weighted by Gasteiger charge is -2.38. The molecule has 2 atom stereocenters. The van der Waals surface area contributed by atoms with E-state index in [1.807, 2.05) is 34.9 Å². The first kappa shape index (κ1) is 26.5. The van der Waals surface area contributed by atoms with Crippen LogP contribution < -0.4 is 5.32 Å². The third-order valence-corrected chi connectivity index (χ3v) is 7.46. The number of nitrogens with one attached hydrogen (secondary N) is 2. The molecule has 5 rings (SSSR count). The number of aromatic amines is 1. The van der Waals surface area contributed by atoms with Gasteiger partial charge >= 0.3 is 0 Å². The molecule has 2 aromatic carbocycles. The summed E-state index contributed by atoms with van der Waals surface area (Å²) in [5.74, 6) is 0.719. The standard InChI is InChI=1S/C30H35N7O2/c1-4-5-16-30(28-33-35-36-34-28)17-15-21(18-23(30)22-11-7-6-8-12-22)19-37-25-14-10-9-13-24(25)31-26(37)27(39)32-29(2,3)20-38/h6-15,17-18,23,38H,4-5,16,19-20H2,1-3H3,(H,32,39)(H,33,34,35,36). The topological polar surface area (TPSA) is 122 Å². The lowest BCUT2D eigenvalue weighted by atomic mass is 9.65. The van der Waals surface area contributed by atoms with Gasteiger partial charge in [-0.05, 0) is 54.0 Å². The average molecular weight is 526 g/mol. The van der Waals surface area contributed by atoms with E-state index in [4.69, 9.17) is 0 Å². The molecule has 0 saturated heterocycles. The second kappa shape index (κ2) is 10.9. The summed E-state index contributed by atoms with van der Waals surface area (Å²) < 4.78 is 1.95. The molecule has 0 radical (unpaired) electrons. The quantitative estimate of drug-likeness (QED) is 0.281. The molecule has 0 fully saturated rings. The van der Waals surface area contributed by atoms with Crippen molar-refractivity contribution in [3.8, 4) is 0 Å². The second-order valence-electron chi connectivity index (χ2n) is 10.9. The molecular weight excluding hydrogens is 490 g/mol. The zero-order valence-electron chi connectivity index (χ0n) is 22.6. The van der Waals surface area contributed by atoms with Crippen LogP contribution in [0, 0.1) is 0 Å². The van der Waals surface area contributed by atoms with E-state index in [-0.39, 0.29) is 18.4 Å². The van der Waals surface area contributed by atoms with Crippen molar-refractivity contribution in [2.45, 2.75) is 63.5 Å². The molecule has 1 amide bonds.